The maximum atomic E-state index is 12.2. The first kappa shape index (κ1) is 14.8. The molecule has 6 nitrogen and oxygen atoms in total. The zero-order valence-electron chi connectivity index (χ0n) is 12.3. The highest BCUT2D eigenvalue weighted by molar-refractivity contribution is 7.15. The van der Waals surface area contributed by atoms with E-state index >= 15 is 0 Å². The first-order chi connectivity index (χ1) is 10.7. The Morgan fingerprint density at radius 1 is 1.41 bits per heavy atom. The van der Waals surface area contributed by atoms with Gasteiger partial charge in [0, 0.05) is 30.7 Å². The number of aromatic nitrogens is 2. The largest absolute Gasteiger partial charge is 0.469 e. The Morgan fingerprint density at radius 3 is 2.91 bits per heavy atom. The molecule has 0 bridgehead atoms. The molecule has 2 aromatic rings. The first-order valence-corrected chi connectivity index (χ1v) is 8.02. The Kier molecular flexibility index (Phi) is 4.24. The summed E-state index contributed by atoms with van der Waals surface area (Å²) in [5.41, 5.74) is 0.883. The van der Waals surface area contributed by atoms with Gasteiger partial charge in [0.25, 0.3) is 0 Å². The molecule has 0 aromatic carbocycles. The monoisotopic (exact) mass is 319 g/mol. The van der Waals surface area contributed by atoms with Crippen molar-refractivity contribution in [2.75, 3.05) is 20.2 Å². The van der Waals surface area contributed by atoms with Gasteiger partial charge in [-0.05, 0) is 18.9 Å². The van der Waals surface area contributed by atoms with Crippen LogP contribution in [0.4, 0.5) is 0 Å². The van der Waals surface area contributed by atoms with Gasteiger partial charge in [-0.15, -0.1) is 11.3 Å². The predicted octanol–water partition coefficient (Wildman–Crippen LogP) is 1.82. The van der Waals surface area contributed by atoms with Crippen LogP contribution < -0.4 is 0 Å². The van der Waals surface area contributed by atoms with Crippen molar-refractivity contribution in [3.63, 3.8) is 0 Å². The van der Waals surface area contributed by atoms with E-state index in [2.05, 4.69) is 4.98 Å². The normalized spacial score (nSPS) is 16.5. The van der Waals surface area contributed by atoms with Crippen molar-refractivity contribution < 1.29 is 14.3 Å². The fourth-order valence-electron chi connectivity index (χ4n) is 2.63. The Balaban J connectivity index is 1.60. The van der Waals surface area contributed by atoms with E-state index in [0.29, 0.717) is 25.9 Å². The van der Waals surface area contributed by atoms with Gasteiger partial charge in [0.1, 0.15) is 0 Å². The molecule has 0 aliphatic carbocycles. The summed E-state index contributed by atoms with van der Waals surface area (Å²) in [7, 11) is 1.40. The van der Waals surface area contributed by atoms with E-state index in [1.165, 1.54) is 7.11 Å². The fraction of sp³-hybridized carbons (Fsp3) is 0.400. The zero-order chi connectivity index (χ0) is 15.5. The second-order valence-electron chi connectivity index (χ2n) is 5.19. The van der Waals surface area contributed by atoms with E-state index < -0.39 is 0 Å². The van der Waals surface area contributed by atoms with Crippen molar-refractivity contribution in [3.8, 4) is 0 Å². The standard InChI is InChI=1S/C15H17N3O3S/c1-21-14(20)11-4-6-17(7-5-11)13(19)3-2-12-10-16-15-18(12)8-9-22-15/h2-3,8-11H,4-7H2,1H3/b3-2+. The van der Waals surface area contributed by atoms with E-state index in [1.54, 1.807) is 34.6 Å². The SMILES string of the molecule is COC(=O)C1CCN(C(=O)/C=C/c2cnc3sccn23)CC1. The van der Waals surface area contributed by atoms with Gasteiger partial charge in [0.2, 0.25) is 5.91 Å². The van der Waals surface area contributed by atoms with Gasteiger partial charge in [0.05, 0.1) is 24.9 Å². The molecular formula is C15H17N3O3S. The third-order valence-electron chi connectivity index (χ3n) is 3.91. The summed E-state index contributed by atoms with van der Waals surface area (Å²) in [6.07, 6.45) is 8.35. The lowest BCUT2D eigenvalue weighted by Crippen LogP contribution is -2.39. The van der Waals surface area contributed by atoms with Crippen molar-refractivity contribution in [3.05, 3.63) is 29.5 Å². The van der Waals surface area contributed by atoms with Crippen LogP contribution in [0.2, 0.25) is 0 Å². The van der Waals surface area contributed by atoms with E-state index in [9.17, 15) is 9.59 Å². The molecule has 3 heterocycles. The second-order valence-corrected chi connectivity index (χ2v) is 6.07. The number of piperidine rings is 1. The number of methoxy groups -OCH3 is 1. The van der Waals surface area contributed by atoms with Crippen LogP contribution in [0.15, 0.2) is 23.8 Å². The topological polar surface area (TPSA) is 63.9 Å². The summed E-state index contributed by atoms with van der Waals surface area (Å²) < 4.78 is 6.69. The summed E-state index contributed by atoms with van der Waals surface area (Å²) in [6.45, 7) is 1.17. The van der Waals surface area contributed by atoms with Gasteiger partial charge in [-0.2, -0.15) is 0 Å². The smallest absolute Gasteiger partial charge is 0.308 e. The molecule has 116 valence electrons. The molecular weight excluding hydrogens is 302 g/mol. The minimum Gasteiger partial charge on any atom is -0.469 e. The molecule has 1 fully saturated rings. The maximum Gasteiger partial charge on any atom is 0.308 e. The van der Waals surface area contributed by atoms with E-state index in [4.69, 9.17) is 4.74 Å². The minimum atomic E-state index is -0.179. The lowest BCUT2D eigenvalue weighted by Gasteiger charge is -2.29. The number of carbonyl (C=O) groups excluding carboxylic acids is 2. The molecule has 0 radical (unpaired) electrons. The summed E-state index contributed by atoms with van der Waals surface area (Å²) in [5, 5.41) is 1.96. The molecule has 22 heavy (non-hydrogen) atoms. The highest BCUT2D eigenvalue weighted by atomic mass is 32.1. The quantitative estimate of drug-likeness (QED) is 0.639. The third kappa shape index (κ3) is 2.89. The van der Waals surface area contributed by atoms with Crippen LogP contribution in [0.5, 0.6) is 0 Å². The first-order valence-electron chi connectivity index (χ1n) is 7.14. The summed E-state index contributed by atoms with van der Waals surface area (Å²) >= 11 is 1.55. The van der Waals surface area contributed by atoms with Crippen LogP contribution in [0.25, 0.3) is 11.0 Å². The third-order valence-corrected chi connectivity index (χ3v) is 4.68. The van der Waals surface area contributed by atoms with Crippen LogP contribution in [0.3, 0.4) is 0 Å². The lowest BCUT2D eigenvalue weighted by molar-refractivity contribution is -0.148. The van der Waals surface area contributed by atoms with E-state index in [0.717, 1.165) is 10.7 Å². The summed E-state index contributed by atoms with van der Waals surface area (Å²) in [5.74, 6) is -0.298. The predicted molar refractivity (Wildman–Crippen MR) is 83.4 cm³/mol. The fourth-order valence-corrected chi connectivity index (χ4v) is 3.33. The Hall–Kier alpha value is -2.15. The molecule has 0 unspecified atom stereocenters. The summed E-state index contributed by atoms with van der Waals surface area (Å²) in [4.78, 5) is 30.6. The van der Waals surface area contributed by atoms with Crippen LogP contribution in [0, 0.1) is 5.92 Å². The van der Waals surface area contributed by atoms with E-state index in [1.807, 2.05) is 16.0 Å². The number of fused-ring (bicyclic) bond motifs is 1. The van der Waals surface area contributed by atoms with Crippen molar-refractivity contribution in [2.45, 2.75) is 12.8 Å². The highest BCUT2D eigenvalue weighted by Gasteiger charge is 2.26. The van der Waals surface area contributed by atoms with Gasteiger partial charge in [-0.3, -0.25) is 14.0 Å². The van der Waals surface area contributed by atoms with Crippen molar-refractivity contribution in [1.29, 1.82) is 0 Å². The van der Waals surface area contributed by atoms with E-state index in [-0.39, 0.29) is 17.8 Å². The number of imidazole rings is 1. The van der Waals surface area contributed by atoms with Gasteiger partial charge < -0.3 is 9.64 Å². The summed E-state index contributed by atoms with van der Waals surface area (Å²) in [6, 6.07) is 0. The van der Waals surface area contributed by atoms with Crippen LogP contribution in [-0.2, 0) is 14.3 Å². The molecule has 0 N–H and O–H groups in total. The van der Waals surface area contributed by atoms with Crippen LogP contribution in [0.1, 0.15) is 18.5 Å². The molecule has 1 saturated heterocycles. The van der Waals surface area contributed by atoms with Gasteiger partial charge in [0.15, 0.2) is 4.96 Å². The number of hydrogen-bond acceptors (Lipinski definition) is 5. The molecule has 1 amide bonds. The number of ether oxygens (including phenoxy) is 1. The molecule has 3 rings (SSSR count). The minimum absolute atomic E-state index is 0.0338. The zero-order valence-corrected chi connectivity index (χ0v) is 13.1. The molecule has 1 aliphatic rings. The second kappa shape index (κ2) is 6.31. The Labute approximate surface area is 132 Å². The average Bonchev–Trinajstić information content (AvgIpc) is 3.16. The molecule has 7 heteroatoms. The van der Waals surface area contributed by atoms with Crippen LogP contribution in [-0.4, -0.2) is 46.4 Å². The Morgan fingerprint density at radius 2 is 2.18 bits per heavy atom. The molecule has 0 saturated carbocycles. The molecule has 0 atom stereocenters. The number of amides is 1. The van der Waals surface area contributed by atoms with Gasteiger partial charge in [-0.25, -0.2) is 4.98 Å². The number of carbonyl (C=O) groups is 2. The molecule has 2 aromatic heterocycles. The van der Waals surface area contributed by atoms with Crippen molar-refractivity contribution >= 4 is 34.3 Å². The Bertz CT molecular complexity index is 711. The molecule has 1 aliphatic heterocycles. The average molecular weight is 319 g/mol. The lowest BCUT2D eigenvalue weighted by atomic mass is 9.97. The van der Waals surface area contributed by atoms with Crippen molar-refractivity contribution in [1.82, 2.24) is 14.3 Å². The number of esters is 1. The van der Waals surface area contributed by atoms with Crippen LogP contribution >= 0.6 is 11.3 Å². The van der Waals surface area contributed by atoms with Gasteiger partial charge in [-0.1, -0.05) is 0 Å². The molecule has 0 spiro atoms. The number of rotatable bonds is 3. The number of thiazole rings is 1. The number of nitrogens with zero attached hydrogens (tertiary/aromatic N) is 3. The maximum absolute atomic E-state index is 12.2. The van der Waals surface area contributed by atoms with Gasteiger partial charge >= 0.3 is 5.97 Å². The number of likely N-dealkylation sites (tertiary alicyclic amines) is 1. The van der Waals surface area contributed by atoms with Crippen molar-refractivity contribution in [2.24, 2.45) is 5.92 Å². The number of hydrogen-bond donors (Lipinski definition) is 0. The highest BCUT2D eigenvalue weighted by Crippen LogP contribution is 2.19.